The molecule has 0 fully saturated rings. The molecular formula is C15H15BrFNO2S. The first-order valence-electron chi connectivity index (χ1n) is 6.37. The van der Waals surface area contributed by atoms with Crippen LogP contribution in [0.3, 0.4) is 0 Å². The van der Waals surface area contributed by atoms with Gasteiger partial charge in [-0.1, -0.05) is 22.0 Å². The quantitative estimate of drug-likeness (QED) is 0.769. The number of nitrogens with zero attached hydrogens (tertiary/aromatic N) is 1. The lowest BCUT2D eigenvalue weighted by molar-refractivity contribution is 0.0677. The largest absolute Gasteiger partial charge is 0.383 e. The van der Waals surface area contributed by atoms with Crippen LogP contribution in [0.25, 0.3) is 0 Å². The molecule has 2 aromatic rings. The van der Waals surface area contributed by atoms with Crippen LogP contribution < -0.4 is 0 Å². The number of hydrogen-bond donors (Lipinski definition) is 0. The molecule has 0 unspecified atom stereocenters. The van der Waals surface area contributed by atoms with Gasteiger partial charge in [-0.25, -0.2) is 4.39 Å². The summed E-state index contributed by atoms with van der Waals surface area (Å²) in [6.45, 7) is 1.28. The van der Waals surface area contributed by atoms with Crippen molar-refractivity contribution in [2.45, 2.75) is 6.54 Å². The van der Waals surface area contributed by atoms with E-state index in [1.807, 2.05) is 17.5 Å². The summed E-state index contributed by atoms with van der Waals surface area (Å²) in [7, 11) is 1.58. The van der Waals surface area contributed by atoms with Gasteiger partial charge < -0.3 is 9.64 Å². The van der Waals surface area contributed by atoms with E-state index in [0.717, 1.165) is 4.88 Å². The second kappa shape index (κ2) is 7.68. The number of hydrogen-bond acceptors (Lipinski definition) is 3. The van der Waals surface area contributed by atoms with E-state index in [1.54, 1.807) is 29.4 Å². The molecule has 3 nitrogen and oxygen atoms in total. The fraction of sp³-hybridized carbons (Fsp3) is 0.267. The van der Waals surface area contributed by atoms with Crippen LogP contribution in [0.5, 0.6) is 0 Å². The minimum Gasteiger partial charge on any atom is -0.383 e. The van der Waals surface area contributed by atoms with Crippen LogP contribution in [0.2, 0.25) is 0 Å². The van der Waals surface area contributed by atoms with Gasteiger partial charge in [-0.15, -0.1) is 11.3 Å². The maximum atomic E-state index is 13.9. The zero-order valence-electron chi connectivity index (χ0n) is 11.5. The van der Waals surface area contributed by atoms with E-state index in [-0.39, 0.29) is 11.5 Å². The van der Waals surface area contributed by atoms with Crippen molar-refractivity contribution in [3.63, 3.8) is 0 Å². The van der Waals surface area contributed by atoms with Crippen molar-refractivity contribution in [3.8, 4) is 0 Å². The molecule has 0 bridgehead atoms. The number of benzene rings is 1. The van der Waals surface area contributed by atoms with Crippen molar-refractivity contribution in [1.82, 2.24) is 4.90 Å². The standard InChI is InChI=1S/C15H15BrFNO2S/c1-20-7-6-18(10-12-3-2-8-21-12)15(19)13-9-11(16)4-5-14(13)17/h2-5,8-9H,6-7,10H2,1H3. The number of carbonyl (C=O) groups excluding carboxylic acids is 1. The Hall–Kier alpha value is -1.24. The SMILES string of the molecule is COCCN(Cc1cccs1)C(=O)c1cc(Br)ccc1F. The number of carbonyl (C=O) groups is 1. The molecule has 1 aromatic carbocycles. The van der Waals surface area contributed by atoms with Crippen molar-refractivity contribution >= 4 is 33.2 Å². The molecule has 0 aliphatic carbocycles. The predicted octanol–water partition coefficient (Wildman–Crippen LogP) is 3.94. The van der Waals surface area contributed by atoms with Crippen LogP contribution in [-0.2, 0) is 11.3 Å². The van der Waals surface area contributed by atoms with Gasteiger partial charge in [-0.3, -0.25) is 4.79 Å². The molecular weight excluding hydrogens is 357 g/mol. The van der Waals surface area contributed by atoms with Crippen molar-refractivity contribution in [2.24, 2.45) is 0 Å². The number of ether oxygens (including phenoxy) is 1. The van der Waals surface area contributed by atoms with Crippen molar-refractivity contribution < 1.29 is 13.9 Å². The fourth-order valence-electron chi connectivity index (χ4n) is 1.88. The van der Waals surface area contributed by atoms with Gasteiger partial charge >= 0.3 is 0 Å². The number of thiophene rings is 1. The molecule has 6 heteroatoms. The van der Waals surface area contributed by atoms with Gasteiger partial charge in [0.15, 0.2) is 0 Å². The average molecular weight is 372 g/mol. The lowest BCUT2D eigenvalue weighted by Crippen LogP contribution is -2.33. The zero-order valence-corrected chi connectivity index (χ0v) is 13.9. The highest BCUT2D eigenvalue weighted by Crippen LogP contribution is 2.19. The Labute approximate surface area is 135 Å². The summed E-state index contributed by atoms with van der Waals surface area (Å²) < 4.78 is 19.6. The van der Waals surface area contributed by atoms with Gasteiger partial charge in [0.1, 0.15) is 5.82 Å². The smallest absolute Gasteiger partial charge is 0.257 e. The third-order valence-electron chi connectivity index (χ3n) is 2.94. The molecule has 0 atom stereocenters. The predicted molar refractivity (Wildman–Crippen MR) is 85.0 cm³/mol. The molecule has 1 aromatic heterocycles. The van der Waals surface area contributed by atoms with Gasteiger partial charge in [0.2, 0.25) is 0 Å². The first-order chi connectivity index (χ1) is 10.1. The van der Waals surface area contributed by atoms with E-state index in [4.69, 9.17) is 4.74 Å². The lowest BCUT2D eigenvalue weighted by Gasteiger charge is -2.22. The highest BCUT2D eigenvalue weighted by atomic mass is 79.9. The van der Waals surface area contributed by atoms with Crippen LogP contribution in [0, 0.1) is 5.82 Å². The summed E-state index contributed by atoms with van der Waals surface area (Å²) in [5.41, 5.74) is 0.0667. The summed E-state index contributed by atoms with van der Waals surface area (Å²) >= 11 is 4.83. The molecule has 1 heterocycles. The Morgan fingerprint density at radius 1 is 1.43 bits per heavy atom. The van der Waals surface area contributed by atoms with E-state index in [0.29, 0.717) is 24.2 Å². The van der Waals surface area contributed by atoms with Gasteiger partial charge in [-0.05, 0) is 29.6 Å². The first kappa shape index (κ1) is 16.1. The fourth-order valence-corrected chi connectivity index (χ4v) is 2.96. The molecule has 0 spiro atoms. The third-order valence-corrected chi connectivity index (χ3v) is 4.29. The summed E-state index contributed by atoms with van der Waals surface area (Å²) in [5.74, 6) is -0.851. The van der Waals surface area contributed by atoms with E-state index in [1.165, 1.54) is 12.1 Å². The Balaban J connectivity index is 2.22. The van der Waals surface area contributed by atoms with E-state index < -0.39 is 5.82 Å². The number of methoxy groups -OCH3 is 1. The highest BCUT2D eigenvalue weighted by molar-refractivity contribution is 9.10. The van der Waals surface area contributed by atoms with Crippen LogP contribution in [0.1, 0.15) is 15.2 Å². The molecule has 2 rings (SSSR count). The minimum atomic E-state index is -0.517. The monoisotopic (exact) mass is 371 g/mol. The summed E-state index contributed by atoms with van der Waals surface area (Å²) in [6, 6.07) is 8.25. The first-order valence-corrected chi connectivity index (χ1v) is 8.04. The number of rotatable bonds is 6. The van der Waals surface area contributed by atoms with Gasteiger partial charge in [0.25, 0.3) is 5.91 Å². The molecule has 1 amide bonds. The van der Waals surface area contributed by atoms with Crippen LogP contribution in [0.15, 0.2) is 40.2 Å². The van der Waals surface area contributed by atoms with Crippen LogP contribution in [0.4, 0.5) is 4.39 Å². The maximum Gasteiger partial charge on any atom is 0.257 e. The molecule has 0 saturated carbocycles. The molecule has 0 saturated heterocycles. The number of halogens is 2. The third kappa shape index (κ3) is 4.36. The summed E-state index contributed by atoms with van der Waals surface area (Å²) in [6.07, 6.45) is 0. The lowest BCUT2D eigenvalue weighted by atomic mass is 10.2. The van der Waals surface area contributed by atoms with E-state index in [9.17, 15) is 9.18 Å². The molecule has 0 radical (unpaired) electrons. The maximum absolute atomic E-state index is 13.9. The average Bonchev–Trinajstić information content (AvgIpc) is 2.98. The van der Waals surface area contributed by atoms with Gasteiger partial charge in [-0.2, -0.15) is 0 Å². The molecule has 21 heavy (non-hydrogen) atoms. The Morgan fingerprint density at radius 3 is 2.90 bits per heavy atom. The second-order valence-corrected chi connectivity index (χ2v) is 6.37. The molecule has 0 aliphatic heterocycles. The van der Waals surface area contributed by atoms with E-state index in [2.05, 4.69) is 15.9 Å². The Morgan fingerprint density at radius 2 is 2.24 bits per heavy atom. The second-order valence-electron chi connectivity index (χ2n) is 4.42. The Kier molecular flexibility index (Phi) is 5.90. The zero-order chi connectivity index (χ0) is 15.2. The van der Waals surface area contributed by atoms with Gasteiger partial charge in [0, 0.05) is 23.0 Å². The Bertz CT molecular complexity index is 604. The van der Waals surface area contributed by atoms with Crippen molar-refractivity contribution in [3.05, 3.63) is 56.4 Å². The molecule has 0 aliphatic rings. The topological polar surface area (TPSA) is 29.5 Å². The minimum absolute atomic E-state index is 0.0667. The van der Waals surface area contributed by atoms with Crippen molar-refractivity contribution in [1.29, 1.82) is 0 Å². The van der Waals surface area contributed by atoms with Crippen LogP contribution >= 0.6 is 27.3 Å². The molecule has 112 valence electrons. The van der Waals surface area contributed by atoms with E-state index >= 15 is 0 Å². The molecule has 0 N–H and O–H groups in total. The summed E-state index contributed by atoms with van der Waals surface area (Å²) in [4.78, 5) is 15.2. The van der Waals surface area contributed by atoms with Gasteiger partial charge in [0.05, 0.1) is 18.7 Å². The van der Waals surface area contributed by atoms with Crippen molar-refractivity contribution in [2.75, 3.05) is 20.3 Å². The number of amides is 1. The highest BCUT2D eigenvalue weighted by Gasteiger charge is 2.20. The van der Waals surface area contributed by atoms with Crippen LogP contribution in [-0.4, -0.2) is 31.1 Å². The normalized spacial score (nSPS) is 10.6. The summed E-state index contributed by atoms with van der Waals surface area (Å²) in [5, 5.41) is 1.95.